The number of carbonyl (C=O) groups excluding carboxylic acids is 3. The second kappa shape index (κ2) is 71.1. The molecule has 0 radical (unpaired) electrons. The van der Waals surface area contributed by atoms with E-state index in [0.717, 1.165) is 109 Å². The van der Waals surface area contributed by atoms with E-state index < -0.39 is 6.10 Å². The molecular formula is C77H136O6. The molecule has 1 atom stereocenters. The van der Waals surface area contributed by atoms with Gasteiger partial charge in [0, 0.05) is 19.3 Å². The van der Waals surface area contributed by atoms with Crippen LogP contribution in [0.15, 0.2) is 85.1 Å². The largest absolute Gasteiger partial charge is 0.462 e. The van der Waals surface area contributed by atoms with Crippen LogP contribution >= 0.6 is 0 Å². The molecule has 6 heteroatoms. The zero-order valence-corrected chi connectivity index (χ0v) is 55.2. The van der Waals surface area contributed by atoms with Crippen molar-refractivity contribution in [2.75, 3.05) is 13.2 Å². The van der Waals surface area contributed by atoms with Crippen LogP contribution in [0.2, 0.25) is 0 Å². The van der Waals surface area contributed by atoms with Crippen molar-refractivity contribution < 1.29 is 28.6 Å². The third-order valence-electron chi connectivity index (χ3n) is 15.9. The molecule has 0 aliphatic carbocycles. The van der Waals surface area contributed by atoms with Gasteiger partial charge in [-0.3, -0.25) is 14.4 Å². The van der Waals surface area contributed by atoms with E-state index in [4.69, 9.17) is 14.2 Å². The van der Waals surface area contributed by atoms with E-state index in [-0.39, 0.29) is 31.1 Å². The summed E-state index contributed by atoms with van der Waals surface area (Å²) in [5, 5.41) is 0. The number of rotatable bonds is 66. The second-order valence-electron chi connectivity index (χ2n) is 24.1. The Hall–Kier alpha value is -3.41. The van der Waals surface area contributed by atoms with Crippen LogP contribution in [0.4, 0.5) is 0 Å². The Labute approximate surface area is 515 Å². The molecule has 1 unspecified atom stereocenters. The smallest absolute Gasteiger partial charge is 0.306 e. The van der Waals surface area contributed by atoms with Crippen LogP contribution in [0, 0.1) is 0 Å². The van der Waals surface area contributed by atoms with Crippen LogP contribution in [0.25, 0.3) is 0 Å². The Bertz CT molecular complexity index is 1570. The highest BCUT2D eigenvalue weighted by Crippen LogP contribution is 2.18. The van der Waals surface area contributed by atoms with Gasteiger partial charge in [0.2, 0.25) is 0 Å². The Kier molecular flexibility index (Phi) is 68.2. The maximum absolute atomic E-state index is 13.0. The normalized spacial score (nSPS) is 12.6. The van der Waals surface area contributed by atoms with Crippen LogP contribution in [-0.4, -0.2) is 37.2 Å². The lowest BCUT2D eigenvalue weighted by Crippen LogP contribution is -2.30. The number of unbranched alkanes of at least 4 members (excludes halogenated alkanes) is 41. The summed E-state index contributed by atoms with van der Waals surface area (Å²) < 4.78 is 17.0. The van der Waals surface area contributed by atoms with Crippen LogP contribution < -0.4 is 0 Å². The molecule has 0 rings (SSSR count). The van der Waals surface area contributed by atoms with Crippen molar-refractivity contribution in [1.82, 2.24) is 0 Å². The highest BCUT2D eigenvalue weighted by molar-refractivity contribution is 5.71. The molecule has 83 heavy (non-hydrogen) atoms. The minimum atomic E-state index is -0.786. The van der Waals surface area contributed by atoms with E-state index in [1.54, 1.807) is 0 Å². The molecule has 0 bridgehead atoms. The number of ether oxygens (including phenoxy) is 3. The van der Waals surface area contributed by atoms with Crippen molar-refractivity contribution >= 4 is 17.9 Å². The van der Waals surface area contributed by atoms with Crippen molar-refractivity contribution in [3.63, 3.8) is 0 Å². The van der Waals surface area contributed by atoms with Gasteiger partial charge in [-0.2, -0.15) is 0 Å². The fraction of sp³-hybridized carbons (Fsp3) is 0.779. The summed E-state index contributed by atoms with van der Waals surface area (Å²) in [5.74, 6) is -0.877. The molecule has 0 aromatic rings. The van der Waals surface area contributed by atoms with Crippen LogP contribution in [0.3, 0.4) is 0 Å². The quantitative estimate of drug-likeness (QED) is 0.0261. The van der Waals surface area contributed by atoms with E-state index in [0.29, 0.717) is 19.3 Å². The van der Waals surface area contributed by atoms with Crippen LogP contribution in [-0.2, 0) is 28.6 Å². The number of hydrogen-bond acceptors (Lipinski definition) is 6. The van der Waals surface area contributed by atoms with Crippen molar-refractivity contribution in [3.8, 4) is 0 Å². The van der Waals surface area contributed by atoms with Gasteiger partial charge in [-0.05, 0) is 96.3 Å². The van der Waals surface area contributed by atoms with Gasteiger partial charge in [0.05, 0.1) is 0 Å². The highest BCUT2D eigenvalue weighted by atomic mass is 16.6. The molecule has 0 amide bonds. The number of hydrogen-bond donors (Lipinski definition) is 0. The van der Waals surface area contributed by atoms with Crippen molar-refractivity contribution in [2.45, 2.75) is 374 Å². The number of esters is 3. The molecule has 0 aromatic carbocycles. The summed E-state index contributed by atoms with van der Waals surface area (Å²) >= 11 is 0. The lowest BCUT2D eigenvalue weighted by Gasteiger charge is -2.18. The highest BCUT2D eigenvalue weighted by Gasteiger charge is 2.19. The summed E-state index contributed by atoms with van der Waals surface area (Å²) in [6.45, 7) is 6.57. The zero-order chi connectivity index (χ0) is 59.9. The van der Waals surface area contributed by atoms with E-state index in [2.05, 4.69) is 106 Å². The standard InChI is InChI=1S/C77H136O6/c1-4-7-10-13-16-19-22-25-28-31-33-35-37-38-40-41-43-46-49-52-55-58-61-64-67-70-76(79)82-73-74(72-81-75(78)69-66-63-60-57-54-51-48-45-30-27-24-21-18-15-12-9-6-3)83-77(80)71-68-65-62-59-56-53-50-47-44-42-39-36-34-32-29-26-23-20-17-14-11-8-5-2/h7,10,16,19,25,27-28,30,33,35,38,40,43,46,74H,4-6,8-9,11-15,17-18,20-24,26,29,31-32,34,36-37,39,41-42,44-45,47-73H2,1-3H3/b10-7-,19-16-,28-25-,30-27-,35-33-,40-38-,46-43-. The van der Waals surface area contributed by atoms with Gasteiger partial charge in [0.1, 0.15) is 13.2 Å². The molecule has 6 nitrogen and oxygen atoms in total. The first-order valence-electron chi connectivity index (χ1n) is 36.1. The maximum atomic E-state index is 13.0. The monoisotopic (exact) mass is 1160 g/mol. The molecule has 0 aliphatic heterocycles. The summed E-state index contributed by atoms with van der Waals surface area (Å²) in [6, 6.07) is 0. The SMILES string of the molecule is CC/C=C\C/C=C\C/C=C\C/C=C\C/C=C\C/C=C\CCCCCCCCC(=O)OCC(COC(=O)CCCCCCCCC/C=C\CCCCCCCC)OC(=O)CCCCCCCCCCCCCCCCCCCCCCCCC. The number of carbonyl (C=O) groups is 3. The minimum Gasteiger partial charge on any atom is -0.462 e. The van der Waals surface area contributed by atoms with Crippen molar-refractivity contribution in [1.29, 1.82) is 0 Å². The first-order chi connectivity index (χ1) is 41.0. The van der Waals surface area contributed by atoms with Gasteiger partial charge in [0.25, 0.3) is 0 Å². The lowest BCUT2D eigenvalue weighted by atomic mass is 10.0. The third kappa shape index (κ3) is 69.3. The zero-order valence-electron chi connectivity index (χ0n) is 55.2. The van der Waals surface area contributed by atoms with Gasteiger partial charge in [-0.1, -0.05) is 337 Å². The van der Waals surface area contributed by atoms with Crippen LogP contribution in [0.5, 0.6) is 0 Å². The molecule has 0 heterocycles. The molecule has 0 N–H and O–H groups in total. The Morgan fingerprint density at radius 2 is 0.470 bits per heavy atom. The summed E-state index contributed by atoms with van der Waals surface area (Å²) in [5.41, 5.74) is 0. The van der Waals surface area contributed by atoms with Gasteiger partial charge >= 0.3 is 17.9 Å². The molecule has 480 valence electrons. The lowest BCUT2D eigenvalue weighted by molar-refractivity contribution is -0.167. The van der Waals surface area contributed by atoms with E-state index >= 15 is 0 Å². The Balaban J connectivity index is 4.37. The summed E-state index contributed by atoms with van der Waals surface area (Å²) in [7, 11) is 0. The predicted molar refractivity (Wildman–Crippen MR) is 362 cm³/mol. The van der Waals surface area contributed by atoms with Gasteiger partial charge in [-0.15, -0.1) is 0 Å². The summed E-state index contributed by atoms with van der Waals surface area (Å²) in [4.78, 5) is 38.5. The third-order valence-corrected chi connectivity index (χ3v) is 15.9. The van der Waals surface area contributed by atoms with Gasteiger partial charge in [-0.25, -0.2) is 0 Å². The summed E-state index contributed by atoms with van der Waals surface area (Å²) in [6.07, 6.45) is 94.6. The van der Waals surface area contributed by atoms with Crippen LogP contribution in [0.1, 0.15) is 367 Å². The fourth-order valence-corrected chi connectivity index (χ4v) is 10.5. The molecule has 0 aromatic heterocycles. The molecular weight excluding hydrogens is 1020 g/mol. The maximum Gasteiger partial charge on any atom is 0.306 e. The van der Waals surface area contributed by atoms with E-state index in [1.165, 1.54) is 218 Å². The first-order valence-corrected chi connectivity index (χ1v) is 36.1. The second-order valence-corrected chi connectivity index (χ2v) is 24.1. The predicted octanol–water partition coefficient (Wildman–Crippen LogP) is 25.0. The number of allylic oxidation sites excluding steroid dienone is 14. The molecule has 0 fully saturated rings. The van der Waals surface area contributed by atoms with E-state index in [9.17, 15) is 14.4 Å². The van der Waals surface area contributed by atoms with E-state index in [1.807, 2.05) is 0 Å². The van der Waals surface area contributed by atoms with Crippen molar-refractivity contribution in [3.05, 3.63) is 85.1 Å². The molecule has 0 saturated carbocycles. The Morgan fingerprint density at radius 1 is 0.253 bits per heavy atom. The Morgan fingerprint density at radius 3 is 0.747 bits per heavy atom. The topological polar surface area (TPSA) is 78.9 Å². The fourth-order valence-electron chi connectivity index (χ4n) is 10.5. The van der Waals surface area contributed by atoms with Gasteiger partial charge in [0.15, 0.2) is 6.10 Å². The average Bonchev–Trinajstić information content (AvgIpc) is 3.49. The first kappa shape index (κ1) is 79.6. The molecule has 0 aliphatic rings. The molecule has 0 spiro atoms. The minimum absolute atomic E-state index is 0.0801. The molecule has 0 saturated heterocycles. The van der Waals surface area contributed by atoms with Gasteiger partial charge < -0.3 is 14.2 Å². The average molecular weight is 1160 g/mol. The van der Waals surface area contributed by atoms with Crippen molar-refractivity contribution in [2.24, 2.45) is 0 Å².